The first kappa shape index (κ1) is 18.9. The lowest BCUT2D eigenvalue weighted by Gasteiger charge is -2.25. The lowest BCUT2D eigenvalue weighted by atomic mass is 10.1. The maximum atomic E-state index is 5.66. The van der Waals surface area contributed by atoms with Crippen LogP contribution < -0.4 is 5.32 Å². The molecule has 1 aromatic heterocycles. The summed E-state index contributed by atoms with van der Waals surface area (Å²) in [5, 5.41) is 8.29. The van der Waals surface area contributed by atoms with Crippen LogP contribution in [0.1, 0.15) is 35.9 Å². The number of benzene rings is 1. The van der Waals surface area contributed by atoms with Gasteiger partial charge in [0, 0.05) is 44.0 Å². The van der Waals surface area contributed by atoms with E-state index in [2.05, 4.69) is 51.5 Å². The van der Waals surface area contributed by atoms with Crippen LogP contribution in [0.3, 0.4) is 0 Å². The van der Waals surface area contributed by atoms with Gasteiger partial charge in [0.05, 0.1) is 5.69 Å². The van der Waals surface area contributed by atoms with Gasteiger partial charge < -0.3 is 14.7 Å². The highest BCUT2D eigenvalue weighted by molar-refractivity contribution is 7.80. The molecule has 26 heavy (non-hydrogen) atoms. The Bertz CT molecular complexity index is 739. The van der Waals surface area contributed by atoms with Gasteiger partial charge in [0.15, 0.2) is 5.11 Å². The van der Waals surface area contributed by atoms with E-state index in [1.807, 2.05) is 13.8 Å². The Morgan fingerprint density at radius 3 is 2.81 bits per heavy atom. The largest absolute Gasteiger partial charge is 0.361 e. The summed E-state index contributed by atoms with van der Waals surface area (Å²) in [5.74, 6) is 0.927. The van der Waals surface area contributed by atoms with Crippen LogP contribution >= 0.6 is 12.2 Å². The summed E-state index contributed by atoms with van der Waals surface area (Å²) >= 11 is 5.66. The summed E-state index contributed by atoms with van der Waals surface area (Å²) < 4.78 is 5.29. The van der Waals surface area contributed by atoms with Gasteiger partial charge in [-0.1, -0.05) is 24.2 Å². The van der Waals surface area contributed by atoms with E-state index >= 15 is 0 Å². The molecular formula is C20H28N4OS. The van der Waals surface area contributed by atoms with Crippen LogP contribution in [0.5, 0.6) is 0 Å². The lowest BCUT2D eigenvalue weighted by molar-refractivity contribution is 0.275. The first-order chi connectivity index (χ1) is 12.6. The Morgan fingerprint density at radius 2 is 2.08 bits per heavy atom. The second-order valence-electron chi connectivity index (χ2n) is 6.90. The molecule has 1 fully saturated rings. The molecule has 0 amide bonds. The average molecular weight is 373 g/mol. The van der Waals surface area contributed by atoms with Gasteiger partial charge in [-0.05, 0) is 56.6 Å². The lowest BCUT2D eigenvalue weighted by Crippen LogP contribution is -2.37. The highest BCUT2D eigenvalue weighted by atomic mass is 32.1. The van der Waals surface area contributed by atoms with Crippen LogP contribution in [0.2, 0.25) is 0 Å². The number of hydrogen-bond acceptors (Lipinski definition) is 4. The average Bonchev–Trinajstić information content (AvgIpc) is 2.84. The van der Waals surface area contributed by atoms with E-state index in [1.165, 1.54) is 11.1 Å². The molecule has 0 spiro atoms. The van der Waals surface area contributed by atoms with Crippen LogP contribution in [0.4, 0.5) is 5.69 Å². The van der Waals surface area contributed by atoms with Crippen molar-refractivity contribution in [2.45, 2.75) is 40.2 Å². The van der Waals surface area contributed by atoms with Gasteiger partial charge in [-0.3, -0.25) is 4.90 Å². The standard InChI is InChI=1S/C20H28N4OS/c1-4-17-7-5-8-18(13-17)21-20(26)24-10-6-9-23(11-12-24)14-19-15(2)22-25-16(19)3/h5,7-8,13H,4,6,9-12,14H2,1-3H3,(H,21,26). The molecule has 1 saturated heterocycles. The molecule has 1 aliphatic rings. The number of anilines is 1. The smallest absolute Gasteiger partial charge is 0.173 e. The van der Waals surface area contributed by atoms with Crippen molar-refractivity contribution in [1.82, 2.24) is 15.0 Å². The fourth-order valence-electron chi connectivity index (χ4n) is 3.35. The molecule has 2 aromatic rings. The number of hydrogen-bond donors (Lipinski definition) is 1. The minimum Gasteiger partial charge on any atom is -0.361 e. The highest BCUT2D eigenvalue weighted by Gasteiger charge is 2.19. The summed E-state index contributed by atoms with van der Waals surface area (Å²) in [4.78, 5) is 4.74. The number of thiocarbonyl (C=S) groups is 1. The topological polar surface area (TPSA) is 44.5 Å². The molecule has 0 unspecified atom stereocenters. The van der Waals surface area contributed by atoms with Gasteiger partial charge in [0.1, 0.15) is 5.76 Å². The molecule has 0 radical (unpaired) electrons. The van der Waals surface area contributed by atoms with Gasteiger partial charge in [-0.25, -0.2) is 0 Å². The van der Waals surface area contributed by atoms with Crippen molar-refractivity contribution in [1.29, 1.82) is 0 Å². The van der Waals surface area contributed by atoms with Crippen LogP contribution in [0.15, 0.2) is 28.8 Å². The predicted octanol–water partition coefficient (Wildman–Crippen LogP) is 3.76. The Morgan fingerprint density at radius 1 is 1.23 bits per heavy atom. The van der Waals surface area contributed by atoms with Gasteiger partial charge in [0.2, 0.25) is 0 Å². The van der Waals surface area contributed by atoms with Crippen LogP contribution in [0.25, 0.3) is 0 Å². The van der Waals surface area contributed by atoms with Crippen molar-refractivity contribution in [3.63, 3.8) is 0 Å². The van der Waals surface area contributed by atoms with Crippen molar-refractivity contribution in [2.24, 2.45) is 0 Å². The molecule has 140 valence electrons. The molecule has 0 saturated carbocycles. The van der Waals surface area contributed by atoms with E-state index in [1.54, 1.807) is 0 Å². The summed E-state index contributed by atoms with van der Waals surface area (Å²) in [5.41, 5.74) is 4.61. The third-order valence-corrected chi connectivity index (χ3v) is 5.39. The second-order valence-corrected chi connectivity index (χ2v) is 7.29. The third-order valence-electron chi connectivity index (χ3n) is 5.03. The molecule has 5 nitrogen and oxygen atoms in total. The summed E-state index contributed by atoms with van der Waals surface area (Å²) in [7, 11) is 0. The van der Waals surface area contributed by atoms with Crippen molar-refractivity contribution >= 4 is 23.0 Å². The fourth-order valence-corrected chi connectivity index (χ4v) is 3.66. The van der Waals surface area contributed by atoms with E-state index in [4.69, 9.17) is 16.7 Å². The summed E-state index contributed by atoms with van der Waals surface area (Å²) in [6.07, 6.45) is 2.13. The number of nitrogens with zero attached hydrogens (tertiary/aromatic N) is 3. The first-order valence-corrected chi connectivity index (χ1v) is 9.76. The maximum absolute atomic E-state index is 5.66. The van der Waals surface area contributed by atoms with E-state index in [-0.39, 0.29) is 0 Å². The number of aromatic nitrogens is 1. The minimum absolute atomic E-state index is 0.817. The number of rotatable bonds is 4. The molecule has 1 N–H and O–H groups in total. The predicted molar refractivity (Wildman–Crippen MR) is 109 cm³/mol. The van der Waals surface area contributed by atoms with Crippen LogP contribution in [-0.2, 0) is 13.0 Å². The SMILES string of the molecule is CCc1cccc(NC(=S)N2CCCN(Cc3c(C)noc3C)CC2)c1. The highest BCUT2D eigenvalue weighted by Crippen LogP contribution is 2.17. The van der Waals surface area contributed by atoms with E-state index in [9.17, 15) is 0 Å². The molecular weight excluding hydrogens is 344 g/mol. The molecule has 1 aliphatic heterocycles. The van der Waals surface area contributed by atoms with Gasteiger partial charge in [-0.15, -0.1) is 0 Å². The quantitative estimate of drug-likeness (QED) is 0.825. The number of aryl methyl sites for hydroxylation is 3. The Kier molecular flexibility index (Phi) is 6.27. The van der Waals surface area contributed by atoms with Gasteiger partial charge in [0.25, 0.3) is 0 Å². The molecule has 6 heteroatoms. The monoisotopic (exact) mass is 372 g/mol. The normalized spacial score (nSPS) is 15.7. The molecule has 3 rings (SSSR count). The second kappa shape index (κ2) is 8.64. The summed E-state index contributed by atoms with van der Waals surface area (Å²) in [6.45, 7) is 11.0. The number of nitrogens with one attached hydrogen (secondary N) is 1. The zero-order chi connectivity index (χ0) is 18.5. The zero-order valence-corrected chi connectivity index (χ0v) is 16.7. The Balaban J connectivity index is 1.56. The molecule has 1 aromatic carbocycles. The van der Waals surface area contributed by atoms with Crippen LogP contribution in [-0.4, -0.2) is 46.2 Å². The van der Waals surface area contributed by atoms with Crippen molar-refractivity contribution in [2.75, 3.05) is 31.5 Å². The van der Waals surface area contributed by atoms with Gasteiger partial charge >= 0.3 is 0 Å². The van der Waals surface area contributed by atoms with E-state index < -0.39 is 0 Å². The van der Waals surface area contributed by atoms with Crippen molar-refractivity contribution < 1.29 is 4.52 Å². The molecule has 0 aliphatic carbocycles. The first-order valence-electron chi connectivity index (χ1n) is 9.35. The third kappa shape index (κ3) is 4.62. The Labute approximate surface area is 161 Å². The van der Waals surface area contributed by atoms with E-state index in [0.717, 1.165) is 67.8 Å². The maximum Gasteiger partial charge on any atom is 0.173 e. The van der Waals surface area contributed by atoms with Crippen LogP contribution in [0, 0.1) is 13.8 Å². The molecule has 0 atom stereocenters. The fraction of sp³-hybridized carbons (Fsp3) is 0.500. The van der Waals surface area contributed by atoms with Gasteiger partial charge in [-0.2, -0.15) is 0 Å². The van der Waals surface area contributed by atoms with E-state index in [0.29, 0.717) is 0 Å². The zero-order valence-electron chi connectivity index (χ0n) is 15.9. The molecule has 0 bridgehead atoms. The Hall–Kier alpha value is -1.92. The minimum atomic E-state index is 0.817. The summed E-state index contributed by atoms with van der Waals surface area (Å²) in [6, 6.07) is 8.48. The molecule has 2 heterocycles. The van der Waals surface area contributed by atoms with Crippen molar-refractivity contribution in [3.8, 4) is 0 Å². The van der Waals surface area contributed by atoms with Crippen molar-refractivity contribution in [3.05, 3.63) is 46.8 Å².